The first-order chi connectivity index (χ1) is 15.0. The molecule has 2 N–H and O–H groups in total. The Labute approximate surface area is 180 Å². The summed E-state index contributed by atoms with van der Waals surface area (Å²) >= 11 is 0. The van der Waals surface area contributed by atoms with Crippen LogP contribution in [0.4, 0.5) is 4.39 Å². The zero-order valence-corrected chi connectivity index (χ0v) is 17.5. The van der Waals surface area contributed by atoms with Gasteiger partial charge in [0.1, 0.15) is 18.5 Å². The molecule has 0 aliphatic carbocycles. The zero-order valence-electron chi connectivity index (χ0n) is 17.5. The molecule has 1 atom stereocenters. The van der Waals surface area contributed by atoms with Crippen LogP contribution in [0.2, 0.25) is 0 Å². The topological polar surface area (TPSA) is 85.3 Å². The monoisotopic (exact) mass is 424 g/mol. The summed E-state index contributed by atoms with van der Waals surface area (Å²) in [4.78, 5) is 29.0. The van der Waals surface area contributed by atoms with Gasteiger partial charge in [0.15, 0.2) is 0 Å². The molecule has 0 fully saturated rings. The summed E-state index contributed by atoms with van der Waals surface area (Å²) < 4.78 is 21.3. The molecule has 0 spiro atoms. The minimum absolute atomic E-state index is 0.00168. The summed E-state index contributed by atoms with van der Waals surface area (Å²) in [5, 5.41) is 5.50. The molecule has 0 saturated heterocycles. The van der Waals surface area contributed by atoms with E-state index >= 15 is 0 Å². The SMILES string of the molecule is CCn1cncc1-c1cc(F)cc(C(=O)NC[C@@H](NC)C(=O)OCc2ccccc2)c1. The second-order valence-electron chi connectivity index (χ2n) is 6.94. The highest BCUT2D eigenvalue weighted by atomic mass is 19.1. The average Bonchev–Trinajstić information content (AvgIpc) is 3.27. The number of rotatable bonds is 9. The summed E-state index contributed by atoms with van der Waals surface area (Å²) in [7, 11) is 1.60. The molecule has 8 heteroatoms. The number of aromatic nitrogens is 2. The van der Waals surface area contributed by atoms with Crippen molar-refractivity contribution in [3.8, 4) is 11.3 Å². The Morgan fingerprint density at radius 2 is 1.97 bits per heavy atom. The maximum atomic E-state index is 14.2. The molecule has 31 heavy (non-hydrogen) atoms. The Balaban J connectivity index is 1.63. The van der Waals surface area contributed by atoms with Gasteiger partial charge in [-0.15, -0.1) is 0 Å². The molecule has 1 aromatic heterocycles. The van der Waals surface area contributed by atoms with Crippen LogP contribution in [0.25, 0.3) is 11.3 Å². The smallest absolute Gasteiger partial charge is 0.325 e. The number of nitrogens with zero attached hydrogens (tertiary/aromatic N) is 2. The van der Waals surface area contributed by atoms with Crippen molar-refractivity contribution in [3.63, 3.8) is 0 Å². The summed E-state index contributed by atoms with van der Waals surface area (Å²) in [5.74, 6) is -1.50. The van der Waals surface area contributed by atoms with Crippen LogP contribution in [0.3, 0.4) is 0 Å². The van der Waals surface area contributed by atoms with Gasteiger partial charge in [-0.3, -0.25) is 9.59 Å². The normalized spacial score (nSPS) is 11.7. The maximum absolute atomic E-state index is 14.2. The fourth-order valence-electron chi connectivity index (χ4n) is 3.11. The highest BCUT2D eigenvalue weighted by Crippen LogP contribution is 2.22. The van der Waals surface area contributed by atoms with Crippen molar-refractivity contribution in [1.82, 2.24) is 20.2 Å². The van der Waals surface area contributed by atoms with E-state index in [4.69, 9.17) is 4.74 Å². The summed E-state index contributed by atoms with van der Waals surface area (Å²) in [6, 6.07) is 12.7. The van der Waals surface area contributed by atoms with Gasteiger partial charge < -0.3 is 19.9 Å². The van der Waals surface area contributed by atoms with Crippen LogP contribution in [-0.2, 0) is 22.7 Å². The number of imidazole rings is 1. The Morgan fingerprint density at radius 3 is 2.68 bits per heavy atom. The highest BCUT2D eigenvalue weighted by molar-refractivity contribution is 5.95. The maximum Gasteiger partial charge on any atom is 0.325 e. The van der Waals surface area contributed by atoms with Crippen LogP contribution in [-0.4, -0.2) is 41.1 Å². The van der Waals surface area contributed by atoms with Gasteiger partial charge in [0.05, 0.1) is 18.2 Å². The number of carbonyl (C=O) groups excluding carboxylic acids is 2. The number of ether oxygens (including phenoxy) is 1. The lowest BCUT2D eigenvalue weighted by Gasteiger charge is -2.16. The van der Waals surface area contributed by atoms with E-state index in [9.17, 15) is 14.0 Å². The first-order valence-electron chi connectivity index (χ1n) is 9.99. The number of benzene rings is 2. The fraction of sp³-hybridized carbons (Fsp3) is 0.261. The van der Waals surface area contributed by atoms with Crippen molar-refractivity contribution < 1.29 is 18.7 Å². The predicted octanol–water partition coefficient (Wildman–Crippen LogP) is 2.77. The van der Waals surface area contributed by atoms with Crippen molar-refractivity contribution in [3.05, 3.63) is 78.0 Å². The zero-order chi connectivity index (χ0) is 22.2. The van der Waals surface area contributed by atoms with Gasteiger partial charge in [0.2, 0.25) is 0 Å². The van der Waals surface area contributed by atoms with Gasteiger partial charge in [-0.2, -0.15) is 0 Å². The molecule has 3 rings (SSSR count). The van der Waals surface area contributed by atoms with E-state index in [1.54, 1.807) is 25.6 Å². The lowest BCUT2D eigenvalue weighted by Crippen LogP contribution is -2.45. The molecule has 0 bridgehead atoms. The van der Waals surface area contributed by atoms with Crippen LogP contribution in [0.1, 0.15) is 22.8 Å². The molecular weight excluding hydrogens is 399 g/mol. The van der Waals surface area contributed by atoms with E-state index in [0.29, 0.717) is 17.8 Å². The standard InChI is InChI=1S/C23H25FN4O3/c1-3-28-15-26-13-21(28)17-9-18(11-19(24)10-17)22(29)27-12-20(25-2)23(30)31-14-16-7-5-4-6-8-16/h4-11,13,15,20,25H,3,12,14H2,1-2H3,(H,27,29)/t20-/m1/s1. The second kappa shape index (κ2) is 10.5. The molecule has 0 aliphatic heterocycles. The summed E-state index contributed by atoms with van der Waals surface area (Å²) in [6.07, 6.45) is 3.28. The van der Waals surface area contributed by atoms with Crippen LogP contribution in [0.15, 0.2) is 61.1 Å². The molecular formula is C23H25FN4O3. The summed E-state index contributed by atoms with van der Waals surface area (Å²) in [6.45, 7) is 2.76. The number of hydrogen-bond acceptors (Lipinski definition) is 5. The molecule has 7 nitrogen and oxygen atoms in total. The van der Waals surface area contributed by atoms with Crippen LogP contribution in [0, 0.1) is 5.82 Å². The second-order valence-corrected chi connectivity index (χ2v) is 6.94. The average molecular weight is 424 g/mol. The Morgan fingerprint density at radius 1 is 1.19 bits per heavy atom. The molecule has 1 amide bonds. The van der Waals surface area contributed by atoms with Crippen molar-refractivity contribution >= 4 is 11.9 Å². The predicted molar refractivity (Wildman–Crippen MR) is 115 cm³/mol. The molecule has 0 saturated carbocycles. The van der Waals surface area contributed by atoms with Crippen LogP contribution in [0.5, 0.6) is 0 Å². The third-order valence-corrected chi connectivity index (χ3v) is 4.83. The van der Waals surface area contributed by atoms with Crippen molar-refractivity contribution in [2.75, 3.05) is 13.6 Å². The van der Waals surface area contributed by atoms with E-state index in [2.05, 4.69) is 15.6 Å². The Bertz CT molecular complexity index is 1040. The number of hydrogen-bond donors (Lipinski definition) is 2. The number of aryl methyl sites for hydroxylation is 1. The van der Waals surface area contributed by atoms with E-state index < -0.39 is 23.7 Å². The van der Waals surface area contributed by atoms with Gasteiger partial charge in [-0.1, -0.05) is 30.3 Å². The molecule has 1 heterocycles. The summed E-state index contributed by atoms with van der Waals surface area (Å²) in [5.41, 5.74) is 2.30. The highest BCUT2D eigenvalue weighted by Gasteiger charge is 2.20. The van der Waals surface area contributed by atoms with Crippen molar-refractivity contribution in [2.45, 2.75) is 26.1 Å². The van der Waals surface area contributed by atoms with E-state index in [1.807, 2.05) is 41.8 Å². The van der Waals surface area contributed by atoms with Crippen LogP contribution >= 0.6 is 0 Å². The molecule has 0 aliphatic rings. The Kier molecular flexibility index (Phi) is 7.50. The molecule has 162 valence electrons. The minimum atomic E-state index is -0.734. The number of amides is 1. The van der Waals surface area contributed by atoms with Gasteiger partial charge >= 0.3 is 5.97 Å². The number of nitrogens with one attached hydrogen (secondary N) is 2. The van der Waals surface area contributed by atoms with E-state index in [0.717, 1.165) is 11.6 Å². The number of halogens is 1. The van der Waals surface area contributed by atoms with Crippen LogP contribution < -0.4 is 10.6 Å². The van der Waals surface area contributed by atoms with Gasteiger partial charge in [0.25, 0.3) is 5.91 Å². The molecule has 2 aromatic carbocycles. The van der Waals surface area contributed by atoms with Gasteiger partial charge in [-0.25, -0.2) is 9.37 Å². The quantitative estimate of drug-likeness (QED) is 0.516. The lowest BCUT2D eigenvalue weighted by molar-refractivity contribution is -0.147. The van der Waals surface area contributed by atoms with Gasteiger partial charge in [0, 0.05) is 24.2 Å². The number of carbonyl (C=O) groups is 2. The van der Waals surface area contributed by atoms with E-state index in [-0.39, 0.29) is 18.7 Å². The largest absolute Gasteiger partial charge is 0.460 e. The first kappa shape index (κ1) is 22.2. The molecule has 3 aromatic rings. The third-order valence-electron chi connectivity index (χ3n) is 4.83. The van der Waals surface area contributed by atoms with Crippen molar-refractivity contribution in [1.29, 1.82) is 0 Å². The fourth-order valence-corrected chi connectivity index (χ4v) is 3.11. The minimum Gasteiger partial charge on any atom is -0.460 e. The van der Waals surface area contributed by atoms with E-state index in [1.165, 1.54) is 6.07 Å². The first-order valence-corrected chi connectivity index (χ1v) is 9.99. The molecule has 0 unspecified atom stereocenters. The number of likely N-dealkylation sites (N-methyl/N-ethyl adjacent to an activating group) is 1. The lowest BCUT2D eigenvalue weighted by atomic mass is 10.1. The third kappa shape index (κ3) is 5.76. The Hall–Kier alpha value is -3.52. The number of esters is 1. The molecule has 0 radical (unpaired) electrons. The van der Waals surface area contributed by atoms with Gasteiger partial charge in [-0.05, 0) is 37.7 Å². The van der Waals surface area contributed by atoms with Crippen molar-refractivity contribution in [2.24, 2.45) is 0 Å².